The second-order valence-electron chi connectivity index (χ2n) is 9.14. The summed E-state index contributed by atoms with van der Waals surface area (Å²) in [6.07, 6.45) is -0.163. The second kappa shape index (κ2) is 11.8. The number of rotatable bonds is 7. The van der Waals surface area contributed by atoms with Crippen LogP contribution >= 0.6 is 0 Å². The zero-order valence-electron chi connectivity index (χ0n) is 20.7. The first-order chi connectivity index (χ1) is 17.8. The molecule has 0 aromatic heterocycles. The zero-order chi connectivity index (χ0) is 26.4. The predicted octanol–water partition coefficient (Wildman–Crippen LogP) is 1.26. The topological polar surface area (TPSA) is 114 Å². The van der Waals surface area contributed by atoms with E-state index in [2.05, 4.69) is 20.9 Å². The van der Waals surface area contributed by atoms with Crippen molar-refractivity contribution in [2.75, 3.05) is 61.3 Å². The number of anilines is 3. The zero-order valence-corrected chi connectivity index (χ0v) is 20.7. The van der Waals surface area contributed by atoms with Crippen molar-refractivity contribution in [2.45, 2.75) is 19.4 Å². The van der Waals surface area contributed by atoms with Crippen LogP contribution in [-0.2, 0) is 19.2 Å². The van der Waals surface area contributed by atoms with Crippen LogP contribution in [0.15, 0.2) is 48.5 Å². The number of nitrogens with zero attached hydrogens (tertiary/aromatic N) is 3. The molecule has 2 fully saturated rings. The van der Waals surface area contributed by atoms with Crippen LogP contribution in [0.2, 0.25) is 0 Å². The Balaban J connectivity index is 1.30. The Bertz CT molecular complexity index is 1130. The standard InChI is InChI=1S/C26H31FN6O4/c1-18(34)29-20-4-6-21(7-5-20)30-24(35)16-23-26(37)28-10-11-33(23)25(36)17-31-12-14-32(15-13-31)22-8-2-19(27)3-9-22/h2-9,23H,10-17H2,1H3,(H,28,37)(H,29,34)(H,30,35)/t23-/m1/s1. The van der Waals surface area contributed by atoms with Gasteiger partial charge in [0.1, 0.15) is 11.9 Å². The maximum atomic E-state index is 13.2. The summed E-state index contributed by atoms with van der Waals surface area (Å²) >= 11 is 0. The minimum Gasteiger partial charge on any atom is -0.369 e. The first-order valence-electron chi connectivity index (χ1n) is 12.3. The van der Waals surface area contributed by atoms with Crippen molar-refractivity contribution < 1.29 is 23.6 Å². The maximum Gasteiger partial charge on any atom is 0.243 e. The molecule has 2 aliphatic rings. The van der Waals surface area contributed by atoms with Gasteiger partial charge in [-0.1, -0.05) is 0 Å². The van der Waals surface area contributed by atoms with Crippen molar-refractivity contribution >= 4 is 40.7 Å². The van der Waals surface area contributed by atoms with Gasteiger partial charge in [0.25, 0.3) is 0 Å². The van der Waals surface area contributed by atoms with Gasteiger partial charge in [-0.2, -0.15) is 0 Å². The molecular weight excluding hydrogens is 479 g/mol. The molecule has 4 amide bonds. The van der Waals surface area contributed by atoms with Gasteiger partial charge in [0.05, 0.1) is 13.0 Å². The van der Waals surface area contributed by atoms with E-state index >= 15 is 0 Å². The van der Waals surface area contributed by atoms with E-state index in [0.29, 0.717) is 50.6 Å². The predicted molar refractivity (Wildman–Crippen MR) is 138 cm³/mol. The van der Waals surface area contributed by atoms with Crippen LogP contribution in [0, 0.1) is 5.82 Å². The summed E-state index contributed by atoms with van der Waals surface area (Å²) in [5.41, 5.74) is 2.07. The normalized spacial score (nSPS) is 18.2. The van der Waals surface area contributed by atoms with E-state index in [1.165, 1.54) is 24.0 Å². The fourth-order valence-corrected chi connectivity index (χ4v) is 4.54. The number of benzene rings is 2. The summed E-state index contributed by atoms with van der Waals surface area (Å²) in [6, 6.07) is 12.1. The Morgan fingerprint density at radius 1 is 0.919 bits per heavy atom. The summed E-state index contributed by atoms with van der Waals surface area (Å²) in [4.78, 5) is 55.3. The quantitative estimate of drug-likeness (QED) is 0.517. The molecule has 37 heavy (non-hydrogen) atoms. The first kappa shape index (κ1) is 26.1. The average molecular weight is 511 g/mol. The number of carbonyl (C=O) groups excluding carboxylic acids is 4. The van der Waals surface area contributed by atoms with Crippen LogP contribution < -0.4 is 20.9 Å². The lowest BCUT2D eigenvalue weighted by molar-refractivity contribution is -0.145. The Kier molecular flexibility index (Phi) is 8.34. The van der Waals surface area contributed by atoms with Crippen molar-refractivity contribution in [2.24, 2.45) is 0 Å². The number of hydrogen-bond donors (Lipinski definition) is 3. The van der Waals surface area contributed by atoms with E-state index in [9.17, 15) is 23.6 Å². The van der Waals surface area contributed by atoms with Gasteiger partial charge in [0, 0.05) is 63.3 Å². The molecule has 11 heteroatoms. The van der Waals surface area contributed by atoms with Gasteiger partial charge in [-0.3, -0.25) is 24.1 Å². The third-order valence-corrected chi connectivity index (χ3v) is 6.44. The number of hydrogen-bond acceptors (Lipinski definition) is 6. The van der Waals surface area contributed by atoms with Crippen LogP contribution in [-0.4, -0.2) is 85.3 Å². The Morgan fingerprint density at radius 2 is 1.54 bits per heavy atom. The van der Waals surface area contributed by atoms with Crippen molar-refractivity contribution in [1.82, 2.24) is 15.1 Å². The van der Waals surface area contributed by atoms with Crippen molar-refractivity contribution in [3.05, 3.63) is 54.3 Å². The van der Waals surface area contributed by atoms with Crippen molar-refractivity contribution in [3.8, 4) is 0 Å². The fraction of sp³-hybridized carbons (Fsp3) is 0.385. The Hall–Kier alpha value is -3.99. The molecule has 0 bridgehead atoms. The smallest absolute Gasteiger partial charge is 0.243 e. The lowest BCUT2D eigenvalue weighted by Gasteiger charge is -2.39. The summed E-state index contributed by atoms with van der Waals surface area (Å²) in [7, 11) is 0. The molecule has 2 aliphatic heterocycles. The van der Waals surface area contributed by atoms with Gasteiger partial charge >= 0.3 is 0 Å². The lowest BCUT2D eigenvalue weighted by atomic mass is 10.1. The van der Waals surface area contributed by atoms with E-state index in [-0.39, 0.29) is 42.4 Å². The van der Waals surface area contributed by atoms with Gasteiger partial charge in [0.15, 0.2) is 0 Å². The molecule has 2 aromatic rings. The van der Waals surface area contributed by atoms with Gasteiger partial charge in [-0.05, 0) is 48.5 Å². The molecule has 0 spiro atoms. The molecule has 0 aliphatic carbocycles. The third kappa shape index (κ3) is 7.04. The van der Waals surface area contributed by atoms with Crippen molar-refractivity contribution in [3.63, 3.8) is 0 Å². The molecule has 2 heterocycles. The number of nitrogens with one attached hydrogen (secondary N) is 3. The van der Waals surface area contributed by atoms with E-state index in [4.69, 9.17) is 0 Å². The van der Waals surface area contributed by atoms with E-state index in [1.807, 2.05) is 4.90 Å². The largest absolute Gasteiger partial charge is 0.369 e. The number of amides is 4. The minimum atomic E-state index is -0.889. The average Bonchev–Trinajstić information content (AvgIpc) is 2.87. The SMILES string of the molecule is CC(=O)Nc1ccc(NC(=O)C[C@@H]2C(=O)NCCN2C(=O)CN2CCN(c3ccc(F)cc3)CC2)cc1. The molecule has 0 radical (unpaired) electrons. The van der Waals surface area contributed by atoms with Gasteiger partial charge in [-0.15, -0.1) is 0 Å². The number of carbonyl (C=O) groups is 4. The summed E-state index contributed by atoms with van der Waals surface area (Å²) in [6.45, 7) is 4.96. The van der Waals surface area contributed by atoms with Crippen LogP contribution in [0.4, 0.5) is 21.5 Å². The van der Waals surface area contributed by atoms with Crippen LogP contribution in [0.5, 0.6) is 0 Å². The molecule has 4 rings (SSSR count). The summed E-state index contributed by atoms with van der Waals surface area (Å²) in [5.74, 6) is -1.40. The highest BCUT2D eigenvalue weighted by Crippen LogP contribution is 2.18. The van der Waals surface area contributed by atoms with Gasteiger partial charge in [-0.25, -0.2) is 4.39 Å². The molecule has 10 nitrogen and oxygen atoms in total. The highest BCUT2D eigenvalue weighted by atomic mass is 19.1. The summed E-state index contributed by atoms with van der Waals surface area (Å²) in [5, 5.41) is 8.14. The van der Waals surface area contributed by atoms with E-state index in [0.717, 1.165) is 5.69 Å². The van der Waals surface area contributed by atoms with Crippen LogP contribution in [0.1, 0.15) is 13.3 Å². The minimum absolute atomic E-state index is 0.160. The summed E-state index contributed by atoms with van der Waals surface area (Å²) < 4.78 is 13.2. The van der Waals surface area contributed by atoms with Crippen LogP contribution in [0.25, 0.3) is 0 Å². The first-order valence-corrected chi connectivity index (χ1v) is 12.3. The number of halogens is 1. The number of piperazine rings is 2. The maximum absolute atomic E-state index is 13.2. The molecule has 196 valence electrons. The monoisotopic (exact) mass is 510 g/mol. The Labute approximate surface area is 214 Å². The highest BCUT2D eigenvalue weighted by molar-refractivity contribution is 5.98. The molecule has 1 atom stereocenters. The third-order valence-electron chi connectivity index (χ3n) is 6.44. The molecule has 0 saturated carbocycles. The fourth-order valence-electron chi connectivity index (χ4n) is 4.54. The van der Waals surface area contributed by atoms with Gasteiger partial charge < -0.3 is 25.8 Å². The molecular formula is C26H31FN6O4. The molecule has 0 unspecified atom stereocenters. The van der Waals surface area contributed by atoms with Crippen LogP contribution in [0.3, 0.4) is 0 Å². The van der Waals surface area contributed by atoms with E-state index < -0.39 is 6.04 Å². The molecule has 2 aromatic carbocycles. The van der Waals surface area contributed by atoms with Gasteiger partial charge in [0.2, 0.25) is 23.6 Å². The Morgan fingerprint density at radius 3 is 2.16 bits per heavy atom. The van der Waals surface area contributed by atoms with E-state index in [1.54, 1.807) is 36.4 Å². The van der Waals surface area contributed by atoms with Crippen molar-refractivity contribution in [1.29, 1.82) is 0 Å². The molecule has 3 N–H and O–H groups in total. The highest BCUT2D eigenvalue weighted by Gasteiger charge is 2.35. The second-order valence-corrected chi connectivity index (χ2v) is 9.14. The lowest BCUT2D eigenvalue weighted by Crippen LogP contribution is -2.60. The molecule has 2 saturated heterocycles.